The first-order valence-corrected chi connectivity index (χ1v) is 8.87. The molecule has 3 heteroatoms. The molecule has 2 bridgehead atoms. The van der Waals surface area contributed by atoms with E-state index in [1.54, 1.807) is 0 Å². The number of hydrogen-bond acceptors (Lipinski definition) is 2. The summed E-state index contributed by atoms with van der Waals surface area (Å²) in [5, 5.41) is 5.11. The molecule has 0 aromatic heterocycles. The predicted octanol–water partition coefficient (Wildman–Crippen LogP) is 5.60. The molecule has 0 heterocycles. The van der Waals surface area contributed by atoms with Crippen molar-refractivity contribution in [3.63, 3.8) is 0 Å². The average molecular weight is 323 g/mol. The molecule has 0 aliphatic heterocycles. The van der Waals surface area contributed by atoms with Crippen molar-refractivity contribution in [1.29, 1.82) is 0 Å². The van der Waals surface area contributed by atoms with Crippen molar-refractivity contribution in [3.05, 3.63) is 42.5 Å². The lowest BCUT2D eigenvalue weighted by atomic mass is 9.70. The van der Waals surface area contributed by atoms with E-state index in [4.69, 9.17) is 4.74 Å². The molecule has 2 saturated carbocycles. The Labute approximate surface area is 143 Å². The molecule has 3 atom stereocenters. The molecule has 4 rings (SSSR count). The molecule has 2 aromatic carbocycles. The molecular formula is C21H25NO2. The van der Waals surface area contributed by atoms with Gasteiger partial charge in [0.05, 0.1) is 5.69 Å². The number of amides is 1. The molecule has 1 amide bonds. The van der Waals surface area contributed by atoms with Crippen molar-refractivity contribution in [2.24, 2.45) is 16.7 Å². The summed E-state index contributed by atoms with van der Waals surface area (Å²) in [5.41, 5.74) is 1.15. The highest BCUT2D eigenvalue weighted by atomic mass is 16.6. The second-order valence-corrected chi connectivity index (χ2v) is 8.16. The van der Waals surface area contributed by atoms with Gasteiger partial charge in [-0.3, -0.25) is 5.32 Å². The van der Waals surface area contributed by atoms with E-state index in [0.29, 0.717) is 5.92 Å². The zero-order chi connectivity index (χ0) is 16.9. The summed E-state index contributed by atoms with van der Waals surface area (Å²) in [6.45, 7) is 6.95. The second-order valence-electron chi connectivity index (χ2n) is 8.16. The van der Waals surface area contributed by atoms with Crippen LogP contribution in [0.15, 0.2) is 42.5 Å². The Kier molecular flexibility index (Phi) is 3.38. The summed E-state index contributed by atoms with van der Waals surface area (Å²) in [6.07, 6.45) is 3.08. The molecule has 0 radical (unpaired) electrons. The molecule has 24 heavy (non-hydrogen) atoms. The third-order valence-electron chi connectivity index (χ3n) is 6.99. The van der Waals surface area contributed by atoms with Crippen LogP contribution in [-0.4, -0.2) is 12.2 Å². The van der Waals surface area contributed by atoms with E-state index < -0.39 is 0 Å². The second kappa shape index (κ2) is 5.23. The van der Waals surface area contributed by atoms with Crippen LogP contribution < -0.4 is 5.32 Å². The summed E-state index contributed by atoms with van der Waals surface area (Å²) in [6, 6.07) is 14.0. The summed E-state index contributed by atoms with van der Waals surface area (Å²) in [4.78, 5) is 12.5. The van der Waals surface area contributed by atoms with Gasteiger partial charge in [0.2, 0.25) is 0 Å². The van der Waals surface area contributed by atoms with Gasteiger partial charge in [0.15, 0.2) is 0 Å². The molecule has 126 valence electrons. The number of carbonyl (C=O) groups excluding carboxylic acids is 1. The minimum atomic E-state index is -0.332. The van der Waals surface area contributed by atoms with Crippen molar-refractivity contribution < 1.29 is 9.53 Å². The number of rotatable bonds is 2. The van der Waals surface area contributed by atoms with Crippen LogP contribution in [0, 0.1) is 16.7 Å². The molecule has 1 N–H and O–H groups in total. The largest absolute Gasteiger partial charge is 0.445 e. The van der Waals surface area contributed by atoms with E-state index in [-0.39, 0.29) is 23.0 Å². The first kappa shape index (κ1) is 15.5. The van der Waals surface area contributed by atoms with E-state index in [9.17, 15) is 4.79 Å². The maximum Gasteiger partial charge on any atom is 0.411 e. The van der Waals surface area contributed by atoms with Crippen molar-refractivity contribution in [3.8, 4) is 0 Å². The van der Waals surface area contributed by atoms with E-state index in [1.165, 1.54) is 6.42 Å². The molecule has 3 nitrogen and oxygen atoms in total. The van der Waals surface area contributed by atoms with E-state index in [0.717, 1.165) is 29.3 Å². The number of fused-ring (bicyclic) bond motifs is 3. The monoisotopic (exact) mass is 323 g/mol. The molecule has 2 fully saturated rings. The number of ether oxygens (including phenoxy) is 1. The van der Waals surface area contributed by atoms with Crippen LogP contribution in [0.1, 0.15) is 40.0 Å². The number of nitrogens with one attached hydrogen (secondary N) is 1. The van der Waals surface area contributed by atoms with Crippen LogP contribution in [0.3, 0.4) is 0 Å². The smallest absolute Gasteiger partial charge is 0.411 e. The predicted molar refractivity (Wildman–Crippen MR) is 97.1 cm³/mol. The van der Waals surface area contributed by atoms with Gasteiger partial charge in [0, 0.05) is 10.8 Å². The number of benzene rings is 2. The summed E-state index contributed by atoms with van der Waals surface area (Å²) >= 11 is 0. The van der Waals surface area contributed by atoms with Gasteiger partial charge in [-0.2, -0.15) is 0 Å². The first-order valence-electron chi connectivity index (χ1n) is 8.87. The van der Waals surface area contributed by atoms with Crippen LogP contribution in [0.25, 0.3) is 10.8 Å². The standard InChI is InChI=1S/C21H25NO2/c1-20(2)15-11-12-21(20,3)18(13-15)24-19(23)22-17-10-6-8-14-7-4-5-9-16(14)17/h4-10,15,18H,11-13H2,1-3H3,(H,22,23)/t15-,18+,21-/m0/s1. The fourth-order valence-corrected chi connectivity index (χ4v) is 4.91. The van der Waals surface area contributed by atoms with Gasteiger partial charge in [0.1, 0.15) is 6.10 Å². The fraction of sp³-hybridized carbons (Fsp3) is 0.476. The minimum Gasteiger partial charge on any atom is -0.445 e. The van der Waals surface area contributed by atoms with Crippen LogP contribution in [0.4, 0.5) is 10.5 Å². The van der Waals surface area contributed by atoms with Gasteiger partial charge in [-0.05, 0) is 42.0 Å². The van der Waals surface area contributed by atoms with Gasteiger partial charge < -0.3 is 4.74 Å². The Balaban J connectivity index is 1.52. The average Bonchev–Trinajstić information content (AvgIpc) is 2.88. The summed E-state index contributed by atoms with van der Waals surface area (Å²) < 4.78 is 5.89. The lowest BCUT2D eigenvalue weighted by Gasteiger charge is -2.38. The lowest BCUT2D eigenvalue weighted by molar-refractivity contribution is 0.00149. The highest BCUT2D eigenvalue weighted by Crippen LogP contribution is 2.66. The van der Waals surface area contributed by atoms with Crippen LogP contribution in [0.5, 0.6) is 0 Å². The molecule has 0 saturated heterocycles. The van der Waals surface area contributed by atoms with Gasteiger partial charge in [0.25, 0.3) is 0 Å². The Morgan fingerprint density at radius 3 is 2.58 bits per heavy atom. The van der Waals surface area contributed by atoms with Crippen molar-refractivity contribution >= 4 is 22.6 Å². The molecule has 0 unspecified atom stereocenters. The lowest BCUT2D eigenvalue weighted by Crippen LogP contribution is -2.39. The normalized spacial score (nSPS) is 30.5. The highest BCUT2D eigenvalue weighted by Gasteiger charge is 2.62. The van der Waals surface area contributed by atoms with Crippen LogP contribution >= 0.6 is 0 Å². The molecule has 2 aromatic rings. The van der Waals surface area contributed by atoms with Crippen molar-refractivity contribution in [2.45, 2.75) is 46.1 Å². The van der Waals surface area contributed by atoms with Crippen LogP contribution in [-0.2, 0) is 4.74 Å². The molecule has 2 aliphatic carbocycles. The molecular weight excluding hydrogens is 298 g/mol. The third kappa shape index (κ3) is 2.14. The van der Waals surface area contributed by atoms with Crippen molar-refractivity contribution in [1.82, 2.24) is 0 Å². The van der Waals surface area contributed by atoms with Gasteiger partial charge in [-0.25, -0.2) is 4.79 Å². The van der Waals surface area contributed by atoms with E-state index in [1.807, 2.05) is 42.5 Å². The fourth-order valence-electron chi connectivity index (χ4n) is 4.91. The zero-order valence-corrected chi connectivity index (χ0v) is 14.6. The topological polar surface area (TPSA) is 38.3 Å². The Morgan fingerprint density at radius 2 is 1.88 bits per heavy atom. The van der Waals surface area contributed by atoms with Gasteiger partial charge in [-0.1, -0.05) is 57.2 Å². The Bertz CT molecular complexity index is 792. The maximum absolute atomic E-state index is 12.5. The quantitative estimate of drug-likeness (QED) is 0.781. The number of hydrogen-bond donors (Lipinski definition) is 1. The zero-order valence-electron chi connectivity index (χ0n) is 14.6. The van der Waals surface area contributed by atoms with Crippen LogP contribution in [0.2, 0.25) is 0 Å². The van der Waals surface area contributed by atoms with E-state index >= 15 is 0 Å². The summed E-state index contributed by atoms with van der Waals surface area (Å²) in [7, 11) is 0. The summed E-state index contributed by atoms with van der Waals surface area (Å²) in [5.74, 6) is 0.665. The molecule has 2 aliphatic rings. The SMILES string of the molecule is CC1(C)[C@H]2CC[C@@]1(C)[C@H](OC(=O)Nc1cccc3ccccc13)C2. The number of carbonyl (C=O) groups is 1. The molecule has 0 spiro atoms. The third-order valence-corrected chi connectivity index (χ3v) is 6.99. The van der Waals surface area contributed by atoms with Gasteiger partial charge in [-0.15, -0.1) is 0 Å². The Hall–Kier alpha value is -2.03. The Morgan fingerprint density at radius 1 is 1.12 bits per heavy atom. The minimum absolute atomic E-state index is 0.0150. The maximum atomic E-state index is 12.5. The highest BCUT2D eigenvalue weighted by molar-refractivity contribution is 6.00. The van der Waals surface area contributed by atoms with Gasteiger partial charge >= 0.3 is 6.09 Å². The van der Waals surface area contributed by atoms with Crippen molar-refractivity contribution in [2.75, 3.05) is 5.32 Å². The number of anilines is 1. The first-order chi connectivity index (χ1) is 11.4. The van der Waals surface area contributed by atoms with E-state index in [2.05, 4.69) is 26.1 Å².